The molecular formula is C28H26N2O2. The van der Waals surface area contributed by atoms with Gasteiger partial charge >= 0.3 is 0 Å². The van der Waals surface area contributed by atoms with E-state index >= 15 is 0 Å². The van der Waals surface area contributed by atoms with Crippen molar-refractivity contribution in [1.29, 1.82) is 0 Å². The van der Waals surface area contributed by atoms with Crippen LogP contribution in [0.2, 0.25) is 0 Å². The van der Waals surface area contributed by atoms with Gasteiger partial charge in [-0.1, -0.05) is 54.6 Å². The molecule has 0 spiro atoms. The van der Waals surface area contributed by atoms with Gasteiger partial charge in [0.2, 0.25) is 0 Å². The highest BCUT2D eigenvalue weighted by Gasteiger charge is 2.12. The molecule has 160 valence electrons. The fraction of sp³-hybridized carbons (Fsp3) is 0.179. The minimum Gasteiger partial charge on any atom is -0.491 e. The maximum absolute atomic E-state index is 6.15. The van der Waals surface area contributed by atoms with E-state index in [1.807, 2.05) is 48.5 Å². The zero-order valence-electron chi connectivity index (χ0n) is 18.4. The highest BCUT2D eigenvalue weighted by molar-refractivity contribution is 5.83. The van der Waals surface area contributed by atoms with Gasteiger partial charge < -0.3 is 14.0 Å². The summed E-state index contributed by atoms with van der Waals surface area (Å²) in [5.41, 5.74) is 4.48. The third-order valence-electron chi connectivity index (χ3n) is 5.95. The van der Waals surface area contributed by atoms with Gasteiger partial charge in [-0.2, -0.15) is 0 Å². The van der Waals surface area contributed by atoms with E-state index in [-0.39, 0.29) is 0 Å². The van der Waals surface area contributed by atoms with Gasteiger partial charge in [-0.25, -0.2) is 4.98 Å². The lowest BCUT2D eigenvalue weighted by Gasteiger charge is -2.14. The average Bonchev–Trinajstić information content (AvgIpc) is 3.18. The van der Waals surface area contributed by atoms with Gasteiger partial charge in [0.1, 0.15) is 30.5 Å². The average molecular weight is 423 g/mol. The van der Waals surface area contributed by atoms with Crippen molar-refractivity contribution in [3.05, 3.63) is 102 Å². The molecule has 0 unspecified atom stereocenters. The van der Waals surface area contributed by atoms with E-state index in [1.54, 1.807) is 0 Å². The summed E-state index contributed by atoms with van der Waals surface area (Å²) in [5.74, 6) is 2.67. The molecule has 5 rings (SSSR count). The minimum absolute atomic E-state index is 0.399. The summed E-state index contributed by atoms with van der Waals surface area (Å²) in [6.07, 6.45) is 0. The molecule has 0 amide bonds. The molecule has 0 N–H and O–H groups in total. The predicted molar refractivity (Wildman–Crippen MR) is 129 cm³/mol. The minimum atomic E-state index is 0.399. The fourth-order valence-electron chi connectivity index (χ4n) is 4.02. The number of ether oxygens (including phenoxy) is 2. The van der Waals surface area contributed by atoms with Crippen LogP contribution in [0.3, 0.4) is 0 Å². The molecule has 4 heteroatoms. The third-order valence-corrected chi connectivity index (χ3v) is 5.95. The number of fused-ring (bicyclic) bond motifs is 2. The van der Waals surface area contributed by atoms with Crippen LogP contribution in [-0.4, -0.2) is 16.2 Å². The number of hydrogen-bond donors (Lipinski definition) is 0. The van der Waals surface area contributed by atoms with Crippen LogP contribution >= 0.6 is 0 Å². The first kappa shape index (κ1) is 20.1. The molecule has 32 heavy (non-hydrogen) atoms. The Bertz CT molecular complexity index is 1390. The second kappa shape index (κ2) is 8.75. The number of rotatable bonds is 7. The SMILES string of the molecule is Cc1cccc(OCCn2c(COc3ccc4ccccc4c3)nc3ccccc32)c1C. The lowest BCUT2D eigenvalue weighted by Crippen LogP contribution is -2.13. The first-order valence-corrected chi connectivity index (χ1v) is 10.9. The first-order chi connectivity index (χ1) is 15.7. The van der Waals surface area contributed by atoms with Crippen LogP contribution < -0.4 is 9.47 Å². The Balaban J connectivity index is 1.35. The molecule has 0 atom stereocenters. The summed E-state index contributed by atoms with van der Waals surface area (Å²) < 4.78 is 14.5. The Morgan fingerprint density at radius 2 is 1.59 bits per heavy atom. The summed E-state index contributed by atoms with van der Waals surface area (Å²) in [4.78, 5) is 4.83. The summed E-state index contributed by atoms with van der Waals surface area (Å²) in [7, 11) is 0. The van der Waals surface area contributed by atoms with Gasteiger partial charge in [-0.05, 0) is 66.1 Å². The van der Waals surface area contributed by atoms with E-state index in [9.17, 15) is 0 Å². The maximum atomic E-state index is 6.15. The van der Waals surface area contributed by atoms with E-state index in [1.165, 1.54) is 21.9 Å². The summed E-state index contributed by atoms with van der Waals surface area (Å²) in [5, 5.41) is 2.37. The van der Waals surface area contributed by atoms with Gasteiger partial charge in [0.05, 0.1) is 17.6 Å². The van der Waals surface area contributed by atoms with Crippen LogP contribution in [0.1, 0.15) is 17.0 Å². The molecule has 0 radical (unpaired) electrons. The smallest absolute Gasteiger partial charge is 0.148 e. The highest BCUT2D eigenvalue weighted by Crippen LogP contribution is 2.24. The second-order valence-electron chi connectivity index (χ2n) is 8.01. The Labute approximate surface area is 188 Å². The Hall–Kier alpha value is -3.79. The van der Waals surface area contributed by atoms with E-state index in [4.69, 9.17) is 14.5 Å². The molecule has 0 fully saturated rings. The number of para-hydroxylation sites is 2. The number of nitrogens with zero attached hydrogens (tertiary/aromatic N) is 2. The lowest BCUT2D eigenvalue weighted by atomic mass is 10.1. The van der Waals surface area contributed by atoms with Crippen molar-refractivity contribution in [3.63, 3.8) is 0 Å². The molecule has 4 aromatic carbocycles. The van der Waals surface area contributed by atoms with Gasteiger partial charge in [0.25, 0.3) is 0 Å². The van der Waals surface area contributed by atoms with Gasteiger partial charge in [0, 0.05) is 0 Å². The van der Waals surface area contributed by atoms with Crippen molar-refractivity contribution >= 4 is 21.8 Å². The van der Waals surface area contributed by atoms with Crippen molar-refractivity contribution in [2.24, 2.45) is 0 Å². The van der Waals surface area contributed by atoms with Crippen LogP contribution in [0.4, 0.5) is 0 Å². The van der Waals surface area contributed by atoms with Crippen molar-refractivity contribution < 1.29 is 9.47 Å². The largest absolute Gasteiger partial charge is 0.491 e. The summed E-state index contributed by atoms with van der Waals surface area (Å²) >= 11 is 0. The van der Waals surface area contributed by atoms with Crippen LogP contribution in [0.5, 0.6) is 11.5 Å². The van der Waals surface area contributed by atoms with Crippen LogP contribution in [0.15, 0.2) is 84.9 Å². The van der Waals surface area contributed by atoms with Gasteiger partial charge in [0.15, 0.2) is 0 Å². The molecule has 1 aromatic heterocycles. The fourth-order valence-corrected chi connectivity index (χ4v) is 4.02. The summed E-state index contributed by atoms with van der Waals surface area (Å²) in [6.45, 7) is 5.86. The second-order valence-corrected chi connectivity index (χ2v) is 8.01. The zero-order chi connectivity index (χ0) is 21.9. The molecule has 0 aliphatic carbocycles. The number of aryl methyl sites for hydroxylation is 1. The normalized spacial score (nSPS) is 11.2. The van der Waals surface area contributed by atoms with Crippen molar-refractivity contribution in [1.82, 2.24) is 9.55 Å². The predicted octanol–water partition coefficient (Wildman–Crippen LogP) is 6.46. The lowest BCUT2D eigenvalue weighted by molar-refractivity contribution is 0.272. The summed E-state index contributed by atoms with van der Waals surface area (Å²) in [6, 6.07) is 28.8. The number of benzene rings is 4. The van der Waals surface area contributed by atoms with E-state index in [0.717, 1.165) is 28.4 Å². The standard InChI is InChI=1S/C28H26N2O2/c1-20-8-7-13-27(21(20)2)31-17-16-30-26-12-6-5-11-25(26)29-28(30)19-32-24-15-14-22-9-3-4-10-23(22)18-24/h3-15,18H,16-17,19H2,1-2H3. The maximum Gasteiger partial charge on any atom is 0.148 e. The number of imidazole rings is 1. The molecule has 0 saturated heterocycles. The van der Waals surface area contributed by atoms with E-state index < -0.39 is 0 Å². The Morgan fingerprint density at radius 1 is 0.781 bits per heavy atom. The molecule has 0 bridgehead atoms. The monoisotopic (exact) mass is 422 g/mol. The van der Waals surface area contributed by atoms with E-state index in [0.29, 0.717) is 19.8 Å². The molecule has 1 heterocycles. The topological polar surface area (TPSA) is 36.3 Å². The molecule has 5 aromatic rings. The molecule has 0 aliphatic heterocycles. The van der Waals surface area contributed by atoms with Crippen LogP contribution in [-0.2, 0) is 13.2 Å². The molecule has 4 nitrogen and oxygen atoms in total. The van der Waals surface area contributed by atoms with Crippen LogP contribution in [0, 0.1) is 13.8 Å². The van der Waals surface area contributed by atoms with Crippen molar-refractivity contribution in [3.8, 4) is 11.5 Å². The highest BCUT2D eigenvalue weighted by atomic mass is 16.5. The quantitative estimate of drug-likeness (QED) is 0.302. The molecular weight excluding hydrogens is 396 g/mol. The van der Waals surface area contributed by atoms with Gasteiger partial charge in [-0.3, -0.25) is 0 Å². The number of hydrogen-bond acceptors (Lipinski definition) is 3. The van der Waals surface area contributed by atoms with Crippen molar-refractivity contribution in [2.45, 2.75) is 27.0 Å². The first-order valence-electron chi connectivity index (χ1n) is 10.9. The van der Waals surface area contributed by atoms with E-state index in [2.05, 4.69) is 54.8 Å². The number of aromatic nitrogens is 2. The molecule has 0 aliphatic rings. The third kappa shape index (κ3) is 4.04. The van der Waals surface area contributed by atoms with Crippen molar-refractivity contribution in [2.75, 3.05) is 6.61 Å². The Kier molecular flexibility index (Phi) is 5.51. The molecule has 0 saturated carbocycles. The zero-order valence-corrected chi connectivity index (χ0v) is 18.4. The Morgan fingerprint density at radius 3 is 2.50 bits per heavy atom. The van der Waals surface area contributed by atoms with Gasteiger partial charge in [-0.15, -0.1) is 0 Å². The van der Waals surface area contributed by atoms with Crippen LogP contribution in [0.25, 0.3) is 21.8 Å².